The van der Waals surface area contributed by atoms with Gasteiger partial charge in [0.15, 0.2) is 5.78 Å². The number of ketones is 1. The van der Waals surface area contributed by atoms with Crippen LogP contribution in [-0.4, -0.2) is 12.9 Å². The molecule has 0 aliphatic rings. The molecule has 0 N–H and O–H groups in total. The predicted octanol–water partition coefficient (Wildman–Crippen LogP) is 2.57. The lowest BCUT2D eigenvalue weighted by atomic mass is 9.96. The van der Waals surface area contributed by atoms with Crippen LogP contribution >= 0.6 is 0 Å². The van der Waals surface area contributed by atoms with Crippen LogP contribution in [0, 0.1) is 17.2 Å². The fourth-order valence-corrected chi connectivity index (χ4v) is 1.45. The molecule has 1 aromatic carbocycles. The second-order valence-electron chi connectivity index (χ2n) is 3.76. The largest absolute Gasteiger partial charge is 0.380 e. The molecule has 0 heterocycles. The van der Waals surface area contributed by atoms with Crippen LogP contribution in [0.15, 0.2) is 24.3 Å². The summed E-state index contributed by atoms with van der Waals surface area (Å²) in [6.07, 6.45) is 0.263. The monoisotopic (exact) mass is 217 g/mol. The quantitative estimate of drug-likeness (QED) is 0.712. The maximum Gasteiger partial charge on any atom is 0.166 e. The van der Waals surface area contributed by atoms with Gasteiger partial charge in [0.1, 0.15) is 0 Å². The third kappa shape index (κ3) is 3.18. The molecule has 0 aromatic heterocycles. The Balaban J connectivity index is 2.74. The first-order chi connectivity index (χ1) is 7.69. The van der Waals surface area contributed by atoms with Crippen molar-refractivity contribution in [2.45, 2.75) is 20.0 Å². The lowest BCUT2D eigenvalue weighted by molar-refractivity contribution is 0.0932. The van der Waals surface area contributed by atoms with E-state index in [0.29, 0.717) is 12.2 Å². The third-order valence-electron chi connectivity index (χ3n) is 2.39. The Morgan fingerprint density at radius 1 is 1.44 bits per heavy atom. The van der Waals surface area contributed by atoms with Gasteiger partial charge in [-0.1, -0.05) is 31.2 Å². The van der Waals surface area contributed by atoms with Crippen molar-refractivity contribution in [3.05, 3.63) is 35.4 Å². The van der Waals surface area contributed by atoms with Crippen LogP contribution in [0.4, 0.5) is 0 Å². The fraction of sp³-hybridized carbons (Fsp3) is 0.385. The molecular weight excluding hydrogens is 202 g/mol. The molecule has 0 saturated heterocycles. The molecule has 0 aliphatic heterocycles. The van der Waals surface area contributed by atoms with Crippen molar-refractivity contribution in [2.75, 3.05) is 7.11 Å². The summed E-state index contributed by atoms with van der Waals surface area (Å²) < 4.78 is 4.99. The molecule has 84 valence electrons. The first kappa shape index (κ1) is 12.4. The van der Waals surface area contributed by atoms with E-state index in [1.165, 1.54) is 0 Å². The highest BCUT2D eigenvalue weighted by molar-refractivity contribution is 5.97. The number of rotatable bonds is 5. The summed E-state index contributed by atoms with van der Waals surface area (Å²) in [7, 11) is 1.63. The Labute approximate surface area is 95.7 Å². The average Bonchev–Trinajstić information content (AvgIpc) is 2.30. The Hall–Kier alpha value is -1.66. The van der Waals surface area contributed by atoms with Crippen molar-refractivity contribution in [3.63, 3.8) is 0 Å². The van der Waals surface area contributed by atoms with Crippen LogP contribution in [0.3, 0.4) is 0 Å². The molecule has 1 unspecified atom stereocenters. The van der Waals surface area contributed by atoms with Crippen molar-refractivity contribution in [1.82, 2.24) is 0 Å². The van der Waals surface area contributed by atoms with Crippen LogP contribution in [0.25, 0.3) is 0 Å². The van der Waals surface area contributed by atoms with E-state index in [2.05, 4.69) is 0 Å². The van der Waals surface area contributed by atoms with Gasteiger partial charge in [-0.15, -0.1) is 0 Å². The Kier molecular flexibility index (Phi) is 4.68. The summed E-state index contributed by atoms with van der Waals surface area (Å²) in [5.41, 5.74) is 1.69. The van der Waals surface area contributed by atoms with E-state index in [0.717, 1.165) is 5.56 Å². The van der Waals surface area contributed by atoms with Gasteiger partial charge in [-0.05, 0) is 5.56 Å². The Morgan fingerprint density at radius 3 is 2.56 bits per heavy atom. The van der Waals surface area contributed by atoms with Crippen LogP contribution in [0.5, 0.6) is 0 Å². The first-order valence-electron chi connectivity index (χ1n) is 5.18. The standard InChI is InChI=1S/C13H15NO2/c1-10(7-8-14)13(15)12-5-3-11(4-6-12)9-16-2/h3-6,10H,7,9H2,1-2H3. The molecule has 1 aromatic rings. The van der Waals surface area contributed by atoms with Crippen molar-refractivity contribution in [1.29, 1.82) is 5.26 Å². The van der Waals surface area contributed by atoms with E-state index in [1.54, 1.807) is 26.2 Å². The summed E-state index contributed by atoms with van der Waals surface area (Å²) in [6.45, 7) is 2.32. The van der Waals surface area contributed by atoms with Gasteiger partial charge in [0.05, 0.1) is 12.7 Å². The van der Waals surface area contributed by atoms with E-state index in [1.807, 2.05) is 18.2 Å². The number of benzene rings is 1. The lowest BCUT2D eigenvalue weighted by Crippen LogP contribution is -2.10. The minimum Gasteiger partial charge on any atom is -0.380 e. The number of methoxy groups -OCH3 is 1. The van der Waals surface area contributed by atoms with Crippen molar-refractivity contribution < 1.29 is 9.53 Å². The molecular formula is C13H15NO2. The molecule has 3 nitrogen and oxygen atoms in total. The van der Waals surface area contributed by atoms with Crippen molar-refractivity contribution in [2.24, 2.45) is 5.92 Å². The van der Waals surface area contributed by atoms with Gasteiger partial charge in [0, 0.05) is 25.0 Å². The summed E-state index contributed by atoms with van der Waals surface area (Å²) in [5, 5.41) is 8.53. The van der Waals surface area contributed by atoms with E-state index < -0.39 is 0 Å². The second-order valence-corrected chi connectivity index (χ2v) is 3.76. The molecule has 1 atom stereocenters. The van der Waals surface area contributed by atoms with Crippen molar-refractivity contribution in [3.8, 4) is 6.07 Å². The summed E-state index contributed by atoms with van der Waals surface area (Å²) in [4.78, 5) is 11.8. The number of nitriles is 1. The number of carbonyl (C=O) groups excluding carboxylic acids is 1. The molecule has 0 amide bonds. The molecule has 0 bridgehead atoms. The first-order valence-corrected chi connectivity index (χ1v) is 5.18. The Morgan fingerprint density at radius 2 is 2.06 bits per heavy atom. The average molecular weight is 217 g/mol. The van der Waals surface area contributed by atoms with Gasteiger partial charge in [-0.25, -0.2) is 0 Å². The number of carbonyl (C=O) groups is 1. The highest BCUT2D eigenvalue weighted by Crippen LogP contribution is 2.13. The van der Waals surface area contributed by atoms with Gasteiger partial charge in [0.2, 0.25) is 0 Å². The molecule has 0 aliphatic carbocycles. The summed E-state index contributed by atoms with van der Waals surface area (Å²) in [5.74, 6) is -0.219. The van der Waals surface area contributed by atoms with Gasteiger partial charge >= 0.3 is 0 Å². The number of hydrogen-bond acceptors (Lipinski definition) is 3. The van der Waals surface area contributed by atoms with Gasteiger partial charge < -0.3 is 4.74 Å². The zero-order valence-corrected chi connectivity index (χ0v) is 9.56. The van der Waals surface area contributed by atoms with Crippen LogP contribution in [0.2, 0.25) is 0 Å². The van der Waals surface area contributed by atoms with Crippen molar-refractivity contribution >= 4 is 5.78 Å². The fourth-order valence-electron chi connectivity index (χ4n) is 1.45. The van der Waals surface area contributed by atoms with E-state index in [4.69, 9.17) is 10.00 Å². The molecule has 3 heteroatoms. The molecule has 0 radical (unpaired) electrons. The maximum atomic E-state index is 11.8. The number of ether oxygens (including phenoxy) is 1. The van der Waals surface area contributed by atoms with Gasteiger partial charge in [-0.3, -0.25) is 4.79 Å². The number of nitrogens with zero attached hydrogens (tertiary/aromatic N) is 1. The second kappa shape index (κ2) is 6.04. The zero-order chi connectivity index (χ0) is 12.0. The smallest absolute Gasteiger partial charge is 0.166 e. The lowest BCUT2D eigenvalue weighted by Gasteiger charge is -2.07. The van der Waals surface area contributed by atoms with E-state index in [-0.39, 0.29) is 18.1 Å². The van der Waals surface area contributed by atoms with Crippen LogP contribution in [0.1, 0.15) is 29.3 Å². The minimum absolute atomic E-state index is 0.0190. The van der Waals surface area contributed by atoms with Crippen LogP contribution < -0.4 is 0 Å². The predicted molar refractivity (Wildman–Crippen MR) is 60.9 cm³/mol. The normalized spacial score (nSPS) is 11.8. The maximum absolute atomic E-state index is 11.8. The zero-order valence-electron chi connectivity index (χ0n) is 9.56. The summed E-state index contributed by atoms with van der Waals surface area (Å²) in [6, 6.07) is 9.32. The van der Waals surface area contributed by atoms with Gasteiger partial charge in [0.25, 0.3) is 0 Å². The molecule has 0 saturated carbocycles. The molecule has 0 fully saturated rings. The minimum atomic E-state index is -0.238. The third-order valence-corrected chi connectivity index (χ3v) is 2.39. The molecule has 0 spiro atoms. The van der Waals surface area contributed by atoms with E-state index >= 15 is 0 Å². The SMILES string of the molecule is COCc1ccc(C(=O)C(C)CC#N)cc1. The molecule has 1 rings (SSSR count). The summed E-state index contributed by atoms with van der Waals surface area (Å²) >= 11 is 0. The number of hydrogen-bond donors (Lipinski definition) is 0. The Bertz CT molecular complexity index is 389. The van der Waals surface area contributed by atoms with Gasteiger partial charge in [-0.2, -0.15) is 5.26 Å². The highest BCUT2D eigenvalue weighted by Gasteiger charge is 2.14. The van der Waals surface area contributed by atoms with Crippen LogP contribution in [-0.2, 0) is 11.3 Å². The topological polar surface area (TPSA) is 50.1 Å². The highest BCUT2D eigenvalue weighted by atomic mass is 16.5. The molecule has 16 heavy (non-hydrogen) atoms. The van der Waals surface area contributed by atoms with E-state index in [9.17, 15) is 4.79 Å². The number of Topliss-reactive ketones (excluding diaryl/α,β-unsaturated/α-hetero) is 1.